The predicted molar refractivity (Wildman–Crippen MR) is 42.2 cm³/mol. The van der Waals surface area contributed by atoms with Crippen LogP contribution in [0.4, 0.5) is 14.5 Å². The molecule has 0 N–H and O–H groups in total. The molecule has 0 bridgehead atoms. The number of hydrogen-bond acceptors (Lipinski definition) is 1. The molecule has 74 valence electrons. The van der Waals surface area contributed by atoms with Crippen molar-refractivity contribution in [2.24, 2.45) is 0 Å². The van der Waals surface area contributed by atoms with E-state index < -0.39 is 6.55 Å². The van der Waals surface area contributed by atoms with Crippen molar-refractivity contribution >= 4 is 5.69 Å². The Bertz CT molecular complexity index is 222. The van der Waals surface area contributed by atoms with Gasteiger partial charge in [-0.15, -0.1) is 13.3 Å². The van der Waals surface area contributed by atoms with Crippen LogP contribution in [-0.4, -0.2) is 14.1 Å². The lowest BCUT2D eigenvalue weighted by Gasteiger charge is -2.09. The lowest BCUT2D eigenvalue weighted by Crippen LogP contribution is -3.00. The van der Waals surface area contributed by atoms with Crippen LogP contribution < -0.4 is 26.4 Å². The van der Waals surface area contributed by atoms with Crippen molar-refractivity contribution in [1.82, 2.24) is 0 Å². The molecule has 1 rings (SSSR count). The highest BCUT2D eigenvalue weighted by molar-refractivity contribution is 5.41. The van der Waals surface area contributed by atoms with Crippen LogP contribution in [0.1, 0.15) is 6.55 Å². The molecule has 13 heavy (non-hydrogen) atoms. The summed E-state index contributed by atoms with van der Waals surface area (Å²) >= 11 is 0. The van der Waals surface area contributed by atoms with Crippen LogP contribution in [0.2, 0.25) is 0 Å². The first-order valence-electron chi connectivity index (χ1n) is 3.57. The summed E-state index contributed by atoms with van der Waals surface area (Å²) in [5, 5.41) is 0. The maximum absolute atomic E-state index is 12.0. The summed E-state index contributed by atoms with van der Waals surface area (Å²) in [5.74, 6) is 0. The normalized spacial score (nSPS) is 9.62. The van der Waals surface area contributed by atoms with Gasteiger partial charge in [-0.1, -0.05) is 0 Å². The van der Waals surface area contributed by atoms with E-state index in [1.165, 1.54) is 12.4 Å². The molecular weight excluding hydrogens is 242 g/mol. The minimum Gasteiger partial charge on any atom is -1.00 e. The van der Waals surface area contributed by atoms with Crippen molar-refractivity contribution in [3.8, 4) is 0 Å². The molecule has 0 aliphatic rings. The van der Waals surface area contributed by atoms with E-state index in [0.29, 0.717) is 0 Å². The van der Waals surface area contributed by atoms with Gasteiger partial charge in [-0.05, 0) is 0 Å². The van der Waals surface area contributed by atoms with Crippen LogP contribution >= 0.6 is 0 Å². The zero-order valence-corrected chi connectivity index (χ0v) is 9.00. The topological polar surface area (TPSA) is 7.12 Å². The fourth-order valence-corrected chi connectivity index (χ4v) is 0.858. The van der Waals surface area contributed by atoms with Crippen molar-refractivity contribution in [2.75, 3.05) is 19.0 Å². The van der Waals surface area contributed by atoms with Gasteiger partial charge in [0.15, 0.2) is 12.4 Å². The SMILES string of the molecule is CN(C)c1cc[n+](C(F)F)cc1.[Br-]. The molecule has 1 aromatic heterocycles. The fraction of sp³-hybridized carbons (Fsp3) is 0.375. The minimum atomic E-state index is -2.46. The number of nitrogens with zero attached hydrogens (tertiary/aromatic N) is 2. The van der Waals surface area contributed by atoms with Gasteiger partial charge in [-0.2, -0.15) is 0 Å². The summed E-state index contributed by atoms with van der Waals surface area (Å²) in [6.07, 6.45) is 2.72. The largest absolute Gasteiger partial charge is 1.00 e. The summed E-state index contributed by atoms with van der Waals surface area (Å²) in [7, 11) is 3.73. The molecule has 0 spiro atoms. The summed E-state index contributed by atoms with van der Waals surface area (Å²) in [6, 6.07) is 3.29. The van der Waals surface area contributed by atoms with Crippen LogP contribution in [0.5, 0.6) is 0 Å². The van der Waals surface area contributed by atoms with Crippen LogP contribution in [-0.2, 0) is 0 Å². The van der Waals surface area contributed by atoms with Crippen LogP contribution in [0.25, 0.3) is 0 Å². The van der Waals surface area contributed by atoms with Gasteiger partial charge in [0.1, 0.15) is 0 Å². The van der Waals surface area contributed by atoms with E-state index in [2.05, 4.69) is 0 Å². The molecule has 0 aliphatic carbocycles. The van der Waals surface area contributed by atoms with Crippen molar-refractivity contribution < 1.29 is 30.3 Å². The second-order valence-corrected chi connectivity index (χ2v) is 2.68. The van der Waals surface area contributed by atoms with E-state index in [1.807, 2.05) is 19.0 Å². The van der Waals surface area contributed by atoms with Gasteiger partial charge in [0.05, 0.1) is 0 Å². The Labute approximate surface area is 86.6 Å². The standard InChI is InChI=1S/C8H11F2N2.BrH/c1-11(2)7-3-5-12(6-4-7)8(9)10;/h3-6,8H,1-2H3;1H/q+1;/p-1. The molecule has 0 radical (unpaired) electrons. The van der Waals surface area contributed by atoms with Gasteiger partial charge in [-0.25, -0.2) is 0 Å². The molecule has 2 nitrogen and oxygen atoms in total. The molecule has 0 saturated carbocycles. The Morgan fingerprint density at radius 2 is 1.69 bits per heavy atom. The third kappa shape index (κ3) is 3.26. The number of hydrogen-bond donors (Lipinski definition) is 0. The number of alkyl halides is 2. The minimum absolute atomic E-state index is 0. The number of halogens is 3. The maximum atomic E-state index is 12.0. The van der Waals surface area contributed by atoms with E-state index >= 15 is 0 Å². The molecule has 0 saturated heterocycles. The number of rotatable bonds is 2. The molecule has 0 aromatic carbocycles. The van der Waals surface area contributed by atoms with E-state index in [0.717, 1.165) is 10.3 Å². The van der Waals surface area contributed by atoms with E-state index in [1.54, 1.807) is 12.1 Å². The molecule has 5 heteroatoms. The zero-order chi connectivity index (χ0) is 9.14. The monoisotopic (exact) mass is 252 g/mol. The van der Waals surface area contributed by atoms with Crippen LogP contribution in [0.15, 0.2) is 24.5 Å². The Hall–Kier alpha value is -0.710. The summed E-state index contributed by atoms with van der Waals surface area (Å²) < 4.78 is 25.0. The molecule has 0 atom stereocenters. The zero-order valence-electron chi connectivity index (χ0n) is 7.42. The average molecular weight is 253 g/mol. The molecule has 0 unspecified atom stereocenters. The Morgan fingerprint density at radius 3 is 2.00 bits per heavy atom. The van der Waals surface area contributed by atoms with Gasteiger partial charge < -0.3 is 21.9 Å². The summed E-state index contributed by atoms with van der Waals surface area (Å²) in [4.78, 5) is 1.86. The highest BCUT2D eigenvalue weighted by atomic mass is 79.9. The first kappa shape index (κ1) is 12.3. The predicted octanol–water partition coefficient (Wildman–Crippen LogP) is -1.56. The molecule has 1 aromatic rings. The number of anilines is 1. The van der Waals surface area contributed by atoms with Crippen molar-refractivity contribution in [3.63, 3.8) is 0 Å². The molecule has 0 fully saturated rings. The first-order chi connectivity index (χ1) is 5.61. The van der Waals surface area contributed by atoms with Crippen molar-refractivity contribution in [2.45, 2.75) is 6.55 Å². The Morgan fingerprint density at radius 1 is 1.23 bits per heavy atom. The average Bonchev–Trinajstić information content (AvgIpc) is 2.04. The van der Waals surface area contributed by atoms with Crippen molar-refractivity contribution in [1.29, 1.82) is 0 Å². The fourth-order valence-electron chi connectivity index (χ4n) is 0.858. The number of aromatic nitrogens is 1. The van der Waals surface area contributed by atoms with Crippen molar-refractivity contribution in [3.05, 3.63) is 24.5 Å². The van der Waals surface area contributed by atoms with E-state index in [9.17, 15) is 8.78 Å². The van der Waals surface area contributed by atoms with Gasteiger partial charge in [-0.3, -0.25) is 0 Å². The lowest BCUT2D eigenvalue weighted by molar-refractivity contribution is -0.773. The number of pyridine rings is 1. The second-order valence-electron chi connectivity index (χ2n) is 2.68. The van der Waals surface area contributed by atoms with Gasteiger partial charge in [0.2, 0.25) is 0 Å². The van der Waals surface area contributed by atoms with Gasteiger partial charge in [0.25, 0.3) is 0 Å². The Balaban J connectivity index is 0.00000144. The third-order valence-corrected chi connectivity index (χ3v) is 1.58. The highest BCUT2D eigenvalue weighted by Gasteiger charge is 2.12. The molecule has 1 heterocycles. The molecule has 0 aliphatic heterocycles. The summed E-state index contributed by atoms with van der Waals surface area (Å²) in [6.45, 7) is -2.46. The lowest BCUT2D eigenvalue weighted by atomic mass is 10.4. The molecular formula is C8H11BrF2N2. The van der Waals surface area contributed by atoms with Crippen LogP contribution in [0.3, 0.4) is 0 Å². The third-order valence-electron chi connectivity index (χ3n) is 1.58. The quantitative estimate of drug-likeness (QED) is 0.578. The first-order valence-corrected chi connectivity index (χ1v) is 3.57. The smallest absolute Gasteiger partial charge is 0.451 e. The van der Waals surface area contributed by atoms with Crippen LogP contribution in [0, 0.1) is 0 Å². The van der Waals surface area contributed by atoms with Gasteiger partial charge in [0, 0.05) is 31.9 Å². The van der Waals surface area contributed by atoms with E-state index in [4.69, 9.17) is 0 Å². The summed E-state index contributed by atoms with van der Waals surface area (Å²) in [5.41, 5.74) is 0.909. The Kier molecular flexibility index (Phi) is 4.83. The molecule has 0 amide bonds. The van der Waals surface area contributed by atoms with Gasteiger partial charge >= 0.3 is 6.55 Å². The highest BCUT2D eigenvalue weighted by Crippen LogP contribution is 2.07. The maximum Gasteiger partial charge on any atom is 0.451 e. The van der Waals surface area contributed by atoms with E-state index in [-0.39, 0.29) is 17.0 Å². The second kappa shape index (κ2) is 5.11.